The van der Waals surface area contributed by atoms with Crippen LogP contribution in [0.5, 0.6) is 11.5 Å². The minimum Gasteiger partial charge on any atom is -0.493 e. The number of pyridine rings is 1. The molecule has 0 unspecified atom stereocenters. The fraction of sp³-hybridized carbons (Fsp3) is 0.143. The second-order valence-corrected chi connectivity index (χ2v) is 5.98. The van der Waals surface area contributed by atoms with Crippen molar-refractivity contribution in [1.82, 2.24) is 20.5 Å². The predicted octanol–water partition coefficient (Wildman–Crippen LogP) is 2.71. The Labute approximate surface area is 167 Å². The highest BCUT2D eigenvalue weighted by atomic mass is 16.5. The van der Waals surface area contributed by atoms with E-state index >= 15 is 0 Å². The van der Waals surface area contributed by atoms with Gasteiger partial charge >= 0.3 is 0 Å². The first kappa shape index (κ1) is 19.6. The second-order valence-electron chi connectivity index (χ2n) is 5.98. The SMILES string of the molecule is COc1ccc(-c2[nH]ncc2/C=C(\C#N)C(=O)NCc2ccncc2)cc1OC. The van der Waals surface area contributed by atoms with Crippen LogP contribution in [0.4, 0.5) is 0 Å². The first-order chi connectivity index (χ1) is 14.2. The maximum atomic E-state index is 12.4. The largest absolute Gasteiger partial charge is 0.493 e. The molecule has 0 aliphatic carbocycles. The second kappa shape index (κ2) is 9.19. The summed E-state index contributed by atoms with van der Waals surface area (Å²) in [5.74, 6) is 0.690. The molecule has 0 fully saturated rings. The Bertz CT molecular complexity index is 1070. The van der Waals surface area contributed by atoms with Crippen molar-refractivity contribution in [2.75, 3.05) is 14.2 Å². The molecular formula is C21H19N5O3. The van der Waals surface area contributed by atoms with Crippen molar-refractivity contribution in [1.29, 1.82) is 5.26 Å². The first-order valence-electron chi connectivity index (χ1n) is 8.71. The van der Waals surface area contributed by atoms with Gasteiger partial charge in [0, 0.05) is 30.1 Å². The smallest absolute Gasteiger partial charge is 0.262 e. The average molecular weight is 389 g/mol. The number of hydrogen-bond donors (Lipinski definition) is 2. The summed E-state index contributed by atoms with van der Waals surface area (Å²) in [4.78, 5) is 16.4. The Balaban J connectivity index is 1.84. The van der Waals surface area contributed by atoms with Crippen molar-refractivity contribution in [3.05, 3.63) is 65.6 Å². The number of aromatic amines is 1. The van der Waals surface area contributed by atoms with Gasteiger partial charge in [-0.25, -0.2) is 0 Å². The van der Waals surface area contributed by atoms with E-state index < -0.39 is 5.91 Å². The van der Waals surface area contributed by atoms with E-state index in [9.17, 15) is 10.1 Å². The van der Waals surface area contributed by atoms with Gasteiger partial charge in [0.25, 0.3) is 5.91 Å². The van der Waals surface area contributed by atoms with Crippen LogP contribution in [-0.4, -0.2) is 35.3 Å². The third-order valence-electron chi connectivity index (χ3n) is 4.21. The molecule has 29 heavy (non-hydrogen) atoms. The summed E-state index contributed by atoms with van der Waals surface area (Å²) in [5.41, 5.74) is 2.90. The molecule has 1 aromatic carbocycles. The molecule has 0 aliphatic heterocycles. The number of carbonyl (C=O) groups excluding carboxylic acids is 1. The van der Waals surface area contributed by atoms with Crippen LogP contribution < -0.4 is 14.8 Å². The van der Waals surface area contributed by atoms with Gasteiger partial charge in [-0.2, -0.15) is 10.4 Å². The number of hydrogen-bond acceptors (Lipinski definition) is 6. The Morgan fingerprint density at radius 1 is 1.21 bits per heavy atom. The molecule has 3 aromatic rings. The molecule has 1 amide bonds. The molecule has 0 saturated heterocycles. The van der Waals surface area contributed by atoms with E-state index in [2.05, 4.69) is 20.5 Å². The van der Waals surface area contributed by atoms with Crippen molar-refractivity contribution in [3.63, 3.8) is 0 Å². The molecule has 8 heteroatoms. The molecule has 2 aromatic heterocycles. The third-order valence-corrected chi connectivity index (χ3v) is 4.21. The lowest BCUT2D eigenvalue weighted by Crippen LogP contribution is -2.23. The zero-order valence-corrected chi connectivity index (χ0v) is 16.0. The highest BCUT2D eigenvalue weighted by Crippen LogP contribution is 2.33. The normalized spacial score (nSPS) is 10.9. The van der Waals surface area contributed by atoms with Gasteiger partial charge in [-0.3, -0.25) is 14.9 Å². The number of benzene rings is 1. The zero-order valence-electron chi connectivity index (χ0n) is 16.0. The molecular weight excluding hydrogens is 370 g/mol. The number of methoxy groups -OCH3 is 2. The Hall–Kier alpha value is -4.12. The lowest BCUT2D eigenvalue weighted by molar-refractivity contribution is -0.117. The van der Waals surface area contributed by atoms with Crippen molar-refractivity contribution < 1.29 is 14.3 Å². The van der Waals surface area contributed by atoms with E-state index in [-0.39, 0.29) is 5.57 Å². The highest BCUT2D eigenvalue weighted by molar-refractivity contribution is 6.02. The van der Waals surface area contributed by atoms with Crippen LogP contribution in [0.25, 0.3) is 17.3 Å². The Morgan fingerprint density at radius 3 is 2.66 bits per heavy atom. The molecule has 2 N–H and O–H groups in total. The average Bonchev–Trinajstić information content (AvgIpc) is 3.24. The molecule has 0 bridgehead atoms. The summed E-state index contributed by atoms with van der Waals surface area (Å²) in [7, 11) is 3.11. The van der Waals surface area contributed by atoms with E-state index in [1.807, 2.05) is 12.1 Å². The molecule has 8 nitrogen and oxygen atoms in total. The van der Waals surface area contributed by atoms with E-state index in [4.69, 9.17) is 9.47 Å². The molecule has 2 heterocycles. The van der Waals surface area contributed by atoms with Crippen LogP contribution in [0, 0.1) is 11.3 Å². The minimum absolute atomic E-state index is 0.0258. The van der Waals surface area contributed by atoms with Crippen molar-refractivity contribution >= 4 is 12.0 Å². The summed E-state index contributed by atoms with van der Waals surface area (Å²) in [6.45, 7) is 0.300. The fourth-order valence-electron chi connectivity index (χ4n) is 2.71. The van der Waals surface area contributed by atoms with Crippen LogP contribution >= 0.6 is 0 Å². The molecule has 0 atom stereocenters. The van der Waals surface area contributed by atoms with Gasteiger partial charge in [0.15, 0.2) is 11.5 Å². The number of carbonyl (C=O) groups is 1. The van der Waals surface area contributed by atoms with E-state index in [1.165, 1.54) is 6.08 Å². The number of ether oxygens (including phenoxy) is 2. The van der Waals surface area contributed by atoms with Crippen molar-refractivity contribution in [2.45, 2.75) is 6.54 Å². The van der Waals surface area contributed by atoms with Gasteiger partial charge in [-0.1, -0.05) is 0 Å². The Morgan fingerprint density at radius 2 is 1.97 bits per heavy atom. The lowest BCUT2D eigenvalue weighted by atomic mass is 10.1. The maximum absolute atomic E-state index is 12.4. The summed E-state index contributed by atoms with van der Waals surface area (Å²) in [6.07, 6.45) is 6.34. The molecule has 146 valence electrons. The van der Waals surface area contributed by atoms with Crippen LogP contribution in [0.2, 0.25) is 0 Å². The van der Waals surface area contributed by atoms with E-state index in [1.54, 1.807) is 57.1 Å². The Kier molecular flexibility index (Phi) is 6.22. The fourth-order valence-corrected chi connectivity index (χ4v) is 2.71. The quantitative estimate of drug-likeness (QED) is 0.474. The van der Waals surface area contributed by atoms with Gasteiger partial charge in [-0.15, -0.1) is 0 Å². The summed E-state index contributed by atoms with van der Waals surface area (Å²) in [6, 6.07) is 10.9. The molecule has 0 saturated carbocycles. The van der Waals surface area contributed by atoms with Crippen molar-refractivity contribution in [3.8, 4) is 28.8 Å². The lowest BCUT2D eigenvalue weighted by Gasteiger charge is -2.09. The number of amides is 1. The van der Waals surface area contributed by atoms with Gasteiger partial charge in [0.05, 0.1) is 26.1 Å². The predicted molar refractivity (Wildman–Crippen MR) is 107 cm³/mol. The summed E-state index contributed by atoms with van der Waals surface area (Å²) >= 11 is 0. The van der Waals surface area contributed by atoms with Crippen LogP contribution in [0.3, 0.4) is 0 Å². The van der Waals surface area contributed by atoms with Crippen LogP contribution in [-0.2, 0) is 11.3 Å². The zero-order chi connectivity index (χ0) is 20.6. The topological polar surface area (TPSA) is 113 Å². The van der Waals surface area contributed by atoms with Crippen LogP contribution in [0.15, 0.2) is 54.5 Å². The van der Waals surface area contributed by atoms with Crippen molar-refractivity contribution in [2.24, 2.45) is 0 Å². The number of H-pyrrole nitrogens is 1. The molecule has 0 radical (unpaired) electrons. The van der Waals surface area contributed by atoms with E-state index in [0.717, 1.165) is 11.1 Å². The standard InChI is InChI=1S/C21H19N5O3/c1-28-18-4-3-15(10-19(18)29-2)20-17(13-25-26-20)9-16(11-22)21(27)24-12-14-5-7-23-8-6-14/h3-10,13H,12H2,1-2H3,(H,24,27)(H,25,26)/b16-9+. The van der Waals surface area contributed by atoms with E-state index in [0.29, 0.717) is 29.3 Å². The number of nitrogens with one attached hydrogen (secondary N) is 2. The molecule has 3 rings (SSSR count). The van der Waals surface area contributed by atoms with Gasteiger partial charge in [0.2, 0.25) is 0 Å². The number of nitriles is 1. The molecule has 0 spiro atoms. The number of rotatable bonds is 7. The maximum Gasteiger partial charge on any atom is 0.262 e. The summed E-state index contributed by atoms with van der Waals surface area (Å²) < 4.78 is 10.6. The molecule has 0 aliphatic rings. The van der Waals surface area contributed by atoms with Gasteiger partial charge in [-0.05, 0) is 42.0 Å². The highest BCUT2D eigenvalue weighted by Gasteiger charge is 2.14. The van der Waals surface area contributed by atoms with Gasteiger partial charge < -0.3 is 14.8 Å². The summed E-state index contributed by atoms with van der Waals surface area (Å²) in [5, 5.41) is 19.1. The van der Waals surface area contributed by atoms with Crippen LogP contribution in [0.1, 0.15) is 11.1 Å². The first-order valence-corrected chi connectivity index (χ1v) is 8.71. The third kappa shape index (κ3) is 4.59. The number of aromatic nitrogens is 3. The monoisotopic (exact) mass is 389 g/mol. The number of nitrogens with zero attached hydrogens (tertiary/aromatic N) is 3. The van der Waals surface area contributed by atoms with Gasteiger partial charge in [0.1, 0.15) is 11.6 Å². The minimum atomic E-state index is -0.469.